The van der Waals surface area contributed by atoms with E-state index in [1.807, 2.05) is 0 Å². The number of halogens is 1. The van der Waals surface area contributed by atoms with Crippen LogP contribution < -0.4 is 10.1 Å². The average molecular weight is 414 g/mol. The highest BCUT2D eigenvalue weighted by Crippen LogP contribution is 2.25. The van der Waals surface area contributed by atoms with E-state index >= 15 is 0 Å². The highest BCUT2D eigenvalue weighted by Gasteiger charge is 2.42. The smallest absolute Gasteiger partial charge is 0.322 e. The van der Waals surface area contributed by atoms with Gasteiger partial charge in [-0.05, 0) is 30.3 Å². The number of amides is 3. The van der Waals surface area contributed by atoms with Gasteiger partial charge in [0.1, 0.15) is 23.7 Å². The third kappa shape index (κ3) is 4.68. The van der Waals surface area contributed by atoms with Gasteiger partial charge in [0.25, 0.3) is 0 Å². The van der Waals surface area contributed by atoms with Gasteiger partial charge in [-0.2, -0.15) is 0 Å². The molecular formula is C21H23FN4O4. The molecule has 4 rings (SSSR count). The van der Waals surface area contributed by atoms with Crippen LogP contribution in [-0.2, 0) is 9.53 Å². The highest BCUT2D eigenvalue weighted by atomic mass is 19.1. The number of morpholine rings is 1. The van der Waals surface area contributed by atoms with E-state index in [0.717, 1.165) is 0 Å². The molecule has 2 aliphatic rings. The fraction of sp³-hybridized carbons (Fsp3) is 0.381. The van der Waals surface area contributed by atoms with Crippen LogP contribution >= 0.6 is 0 Å². The fourth-order valence-electron chi connectivity index (χ4n) is 3.71. The van der Waals surface area contributed by atoms with Crippen molar-refractivity contribution < 1.29 is 23.5 Å². The molecule has 3 heterocycles. The van der Waals surface area contributed by atoms with E-state index in [4.69, 9.17) is 9.47 Å². The first kappa shape index (κ1) is 20.1. The van der Waals surface area contributed by atoms with Crippen molar-refractivity contribution in [1.29, 1.82) is 0 Å². The molecule has 0 spiro atoms. The summed E-state index contributed by atoms with van der Waals surface area (Å²) in [5.41, 5.74) is 0.328. The molecular weight excluding hydrogens is 391 g/mol. The number of nitrogens with one attached hydrogen (secondary N) is 1. The first-order valence-electron chi connectivity index (χ1n) is 9.86. The van der Waals surface area contributed by atoms with Crippen LogP contribution in [0.2, 0.25) is 0 Å². The number of ether oxygens (including phenoxy) is 2. The molecule has 0 saturated carbocycles. The van der Waals surface area contributed by atoms with E-state index in [1.165, 1.54) is 23.1 Å². The summed E-state index contributed by atoms with van der Waals surface area (Å²) in [5.74, 6) is -0.00890. The van der Waals surface area contributed by atoms with E-state index in [2.05, 4.69) is 10.3 Å². The minimum Gasteiger partial charge on any atom is -0.487 e. The maximum absolute atomic E-state index is 13.5. The Morgan fingerprint density at radius 2 is 2.03 bits per heavy atom. The zero-order chi connectivity index (χ0) is 20.9. The third-order valence-electron chi connectivity index (χ3n) is 5.14. The maximum atomic E-state index is 13.5. The molecule has 3 amide bonds. The van der Waals surface area contributed by atoms with Gasteiger partial charge in [-0.25, -0.2) is 9.18 Å². The molecule has 2 atom stereocenters. The quantitative estimate of drug-likeness (QED) is 0.829. The molecule has 30 heavy (non-hydrogen) atoms. The third-order valence-corrected chi connectivity index (χ3v) is 5.14. The Kier molecular flexibility index (Phi) is 6.08. The Bertz CT molecular complexity index is 892. The minimum absolute atomic E-state index is 0.134. The Morgan fingerprint density at radius 1 is 1.20 bits per heavy atom. The van der Waals surface area contributed by atoms with Crippen LogP contribution in [0.15, 0.2) is 48.8 Å². The number of aromatic nitrogens is 1. The summed E-state index contributed by atoms with van der Waals surface area (Å²) in [6.45, 7) is 2.16. The van der Waals surface area contributed by atoms with Gasteiger partial charge >= 0.3 is 6.03 Å². The second kappa shape index (κ2) is 9.08. The molecule has 0 aliphatic carbocycles. The second-order valence-electron chi connectivity index (χ2n) is 7.21. The lowest BCUT2D eigenvalue weighted by Crippen LogP contribution is -2.51. The number of likely N-dealkylation sites (tertiary alicyclic amines) is 1. The topological polar surface area (TPSA) is 84.0 Å². The maximum Gasteiger partial charge on any atom is 0.322 e. The number of pyridine rings is 1. The first-order valence-corrected chi connectivity index (χ1v) is 9.86. The summed E-state index contributed by atoms with van der Waals surface area (Å²) in [4.78, 5) is 33.3. The van der Waals surface area contributed by atoms with E-state index < -0.39 is 17.9 Å². The molecule has 2 fully saturated rings. The normalized spacial score (nSPS) is 21.4. The number of urea groups is 1. The average Bonchev–Trinajstić information content (AvgIpc) is 3.18. The molecule has 2 aromatic rings. The number of benzene rings is 1. The molecule has 1 aromatic carbocycles. The first-order chi connectivity index (χ1) is 14.6. The summed E-state index contributed by atoms with van der Waals surface area (Å²) in [6.07, 6.45) is 3.24. The van der Waals surface area contributed by atoms with Gasteiger partial charge < -0.3 is 24.6 Å². The van der Waals surface area contributed by atoms with Gasteiger partial charge in [-0.15, -0.1) is 0 Å². The number of rotatable bonds is 4. The number of anilines is 1. The van der Waals surface area contributed by atoms with E-state index in [1.54, 1.807) is 35.5 Å². The predicted molar refractivity (Wildman–Crippen MR) is 107 cm³/mol. The molecule has 0 bridgehead atoms. The molecule has 8 nitrogen and oxygen atoms in total. The lowest BCUT2D eigenvalue weighted by Gasteiger charge is -2.32. The number of nitrogens with zero attached hydrogens (tertiary/aromatic N) is 3. The predicted octanol–water partition coefficient (Wildman–Crippen LogP) is 2.13. The monoisotopic (exact) mass is 414 g/mol. The van der Waals surface area contributed by atoms with Gasteiger partial charge in [0.2, 0.25) is 5.91 Å². The molecule has 0 radical (unpaired) electrons. The van der Waals surface area contributed by atoms with Gasteiger partial charge in [0.05, 0.1) is 26.0 Å². The largest absolute Gasteiger partial charge is 0.487 e. The molecule has 1 aromatic heterocycles. The molecule has 2 aliphatic heterocycles. The van der Waals surface area contributed by atoms with Crippen molar-refractivity contribution in [3.05, 3.63) is 54.6 Å². The van der Waals surface area contributed by atoms with Crippen LogP contribution in [0.5, 0.6) is 5.75 Å². The Labute approximate surface area is 173 Å². The van der Waals surface area contributed by atoms with E-state index in [9.17, 15) is 14.0 Å². The summed E-state index contributed by atoms with van der Waals surface area (Å²) in [7, 11) is 0. The summed E-state index contributed by atoms with van der Waals surface area (Å²) >= 11 is 0. The van der Waals surface area contributed by atoms with E-state index in [0.29, 0.717) is 44.2 Å². The number of carbonyl (C=O) groups is 2. The Hall–Kier alpha value is -3.20. The van der Waals surface area contributed by atoms with Crippen molar-refractivity contribution in [3.63, 3.8) is 0 Å². The molecule has 0 unspecified atom stereocenters. The minimum atomic E-state index is -0.668. The number of carbonyl (C=O) groups excluding carboxylic acids is 2. The number of hydrogen-bond acceptors (Lipinski definition) is 5. The van der Waals surface area contributed by atoms with Crippen molar-refractivity contribution in [1.82, 2.24) is 14.8 Å². The zero-order valence-corrected chi connectivity index (χ0v) is 16.4. The van der Waals surface area contributed by atoms with Crippen LogP contribution in [0, 0.1) is 5.82 Å². The van der Waals surface area contributed by atoms with Crippen molar-refractivity contribution >= 4 is 17.6 Å². The summed E-state index contributed by atoms with van der Waals surface area (Å²) in [5, 5.41) is 2.68. The van der Waals surface area contributed by atoms with Crippen LogP contribution in [0.25, 0.3) is 0 Å². The van der Waals surface area contributed by atoms with Crippen molar-refractivity contribution in [2.45, 2.75) is 18.6 Å². The fourth-order valence-corrected chi connectivity index (χ4v) is 3.71. The van der Waals surface area contributed by atoms with Gasteiger partial charge in [-0.1, -0.05) is 6.07 Å². The van der Waals surface area contributed by atoms with Crippen molar-refractivity contribution in [2.75, 3.05) is 38.2 Å². The number of hydrogen-bond donors (Lipinski definition) is 1. The molecule has 2 saturated heterocycles. The standard InChI is InChI=1S/C21H23FN4O4/c22-15-3-1-4-16(11-15)24-21(28)26-14-18(30-17-5-2-6-23-13-17)12-19(26)20(27)25-7-9-29-10-8-25/h1-6,11,13,18-19H,7-10,12,14H2,(H,24,28)/t18-,19+/m0/s1. The van der Waals surface area contributed by atoms with Gasteiger partial charge in [0, 0.05) is 31.4 Å². The van der Waals surface area contributed by atoms with Crippen LogP contribution in [0.4, 0.5) is 14.9 Å². The second-order valence-corrected chi connectivity index (χ2v) is 7.21. The van der Waals surface area contributed by atoms with Crippen LogP contribution in [-0.4, -0.2) is 71.7 Å². The van der Waals surface area contributed by atoms with Crippen molar-refractivity contribution in [2.24, 2.45) is 0 Å². The zero-order valence-electron chi connectivity index (χ0n) is 16.4. The van der Waals surface area contributed by atoms with Gasteiger partial charge in [0.15, 0.2) is 0 Å². The lowest BCUT2D eigenvalue weighted by atomic mass is 10.1. The SMILES string of the molecule is O=C([C@H]1C[C@H](Oc2cccnc2)CN1C(=O)Nc1cccc(F)c1)N1CCOCC1. The highest BCUT2D eigenvalue weighted by molar-refractivity contribution is 5.94. The summed E-state index contributed by atoms with van der Waals surface area (Å²) < 4.78 is 24.8. The lowest BCUT2D eigenvalue weighted by molar-refractivity contribution is -0.139. The molecule has 158 valence electrons. The van der Waals surface area contributed by atoms with Crippen molar-refractivity contribution in [3.8, 4) is 5.75 Å². The Morgan fingerprint density at radius 3 is 2.77 bits per heavy atom. The molecule has 9 heteroatoms. The van der Waals surface area contributed by atoms with Crippen LogP contribution in [0.1, 0.15) is 6.42 Å². The van der Waals surface area contributed by atoms with Gasteiger partial charge in [-0.3, -0.25) is 9.78 Å². The van der Waals surface area contributed by atoms with Crippen LogP contribution in [0.3, 0.4) is 0 Å². The van der Waals surface area contributed by atoms with E-state index in [-0.39, 0.29) is 18.6 Å². The molecule has 1 N–H and O–H groups in total. The Balaban J connectivity index is 1.50. The summed E-state index contributed by atoms with van der Waals surface area (Å²) in [6, 6.07) is 8.04.